The van der Waals surface area contributed by atoms with Crippen molar-refractivity contribution in [2.45, 2.75) is 27.7 Å². The molecule has 0 aliphatic rings. The second kappa shape index (κ2) is 8.99. The Bertz CT molecular complexity index is 748. The molecule has 0 aliphatic carbocycles. The third-order valence-electron chi connectivity index (χ3n) is 4.01. The zero-order chi connectivity index (χ0) is 19.1. The molecular formula is C20H26N4O2. The first-order valence-corrected chi connectivity index (χ1v) is 8.80. The van der Waals surface area contributed by atoms with Gasteiger partial charge in [0.15, 0.2) is 0 Å². The molecule has 138 valence electrons. The van der Waals surface area contributed by atoms with E-state index in [9.17, 15) is 9.59 Å². The van der Waals surface area contributed by atoms with Crippen molar-refractivity contribution in [3.8, 4) is 0 Å². The maximum Gasteiger partial charge on any atom is 0.251 e. The van der Waals surface area contributed by atoms with Crippen molar-refractivity contribution < 1.29 is 9.59 Å². The zero-order valence-corrected chi connectivity index (χ0v) is 15.8. The van der Waals surface area contributed by atoms with E-state index in [-0.39, 0.29) is 18.4 Å². The molecule has 1 aromatic heterocycles. The number of aromatic nitrogens is 1. The van der Waals surface area contributed by atoms with Gasteiger partial charge in [-0.05, 0) is 52.0 Å². The molecule has 0 radical (unpaired) electrons. The quantitative estimate of drug-likeness (QED) is 0.802. The van der Waals surface area contributed by atoms with Crippen molar-refractivity contribution in [2.24, 2.45) is 0 Å². The van der Waals surface area contributed by atoms with Crippen molar-refractivity contribution >= 4 is 23.3 Å². The van der Waals surface area contributed by atoms with E-state index in [1.165, 1.54) is 0 Å². The highest BCUT2D eigenvalue weighted by Crippen LogP contribution is 2.13. The average Bonchev–Trinajstić information content (AvgIpc) is 2.61. The minimum Gasteiger partial charge on any atom is -0.357 e. The summed E-state index contributed by atoms with van der Waals surface area (Å²) in [7, 11) is 0. The van der Waals surface area contributed by atoms with Gasteiger partial charge in [0.25, 0.3) is 5.91 Å². The lowest BCUT2D eigenvalue weighted by atomic mass is 10.1. The number of anilines is 2. The zero-order valence-electron chi connectivity index (χ0n) is 15.8. The number of nitrogens with zero attached hydrogens (tertiary/aromatic N) is 2. The minimum atomic E-state index is -0.292. The van der Waals surface area contributed by atoms with Gasteiger partial charge in [-0.1, -0.05) is 17.2 Å². The van der Waals surface area contributed by atoms with Gasteiger partial charge >= 0.3 is 0 Å². The molecular weight excluding hydrogens is 328 g/mol. The fourth-order valence-corrected chi connectivity index (χ4v) is 2.77. The van der Waals surface area contributed by atoms with Crippen LogP contribution in [-0.2, 0) is 4.79 Å². The van der Waals surface area contributed by atoms with Gasteiger partial charge in [-0.25, -0.2) is 4.98 Å². The second-order valence-corrected chi connectivity index (χ2v) is 6.18. The SMILES string of the molecule is CCN(CC)c1ccc(NC(=O)CNC(=O)c2cc(C)cc(C)c2)cn1. The number of rotatable bonds is 7. The molecule has 2 rings (SSSR count). The first-order chi connectivity index (χ1) is 12.4. The number of carbonyl (C=O) groups excluding carboxylic acids is 2. The van der Waals surface area contributed by atoms with Crippen LogP contribution in [0.2, 0.25) is 0 Å². The van der Waals surface area contributed by atoms with Crippen molar-refractivity contribution in [2.75, 3.05) is 29.9 Å². The number of aryl methyl sites for hydroxylation is 2. The highest BCUT2D eigenvalue weighted by atomic mass is 16.2. The van der Waals surface area contributed by atoms with Gasteiger partial charge in [-0.15, -0.1) is 0 Å². The molecule has 1 aromatic carbocycles. The molecule has 2 aromatic rings. The highest BCUT2D eigenvalue weighted by Gasteiger charge is 2.10. The topological polar surface area (TPSA) is 74.3 Å². The van der Waals surface area contributed by atoms with E-state index in [1.54, 1.807) is 18.3 Å². The van der Waals surface area contributed by atoms with Gasteiger partial charge in [0.2, 0.25) is 5.91 Å². The van der Waals surface area contributed by atoms with Crippen molar-refractivity contribution in [1.29, 1.82) is 0 Å². The first kappa shape index (κ1) is 19.4. The van der Waals surface area contributed by atoms with Crippen LogP contribution in [0, 0.1) is 13.8 Å². The Morgan fingerprint density at radius 3 is 2.23 bits per heavy atom. The Balaban J connectivity index is 1.89. The summed E-state index contributed by atoms with van der Waals surface area (Å²) in [5.74, 6) is 0.318. The molecule has 0 spiro atoms. The third-order valence-corrected chi connectivity index (χ3v) is 4.01. The number of hydrogen-bond donors (Lipinski definition) is 2. The Kier molecular flexibility index (Phi) is 6.72. The second-order valence-electron chi connectivity index (χ2n) is 6.18. The van der Waals surface area contributed by atoms with Gasteiger partial charge < -0.3 is 15.5 Å². The van der Waals surface area contributed by atoms with E-state index < -0.39 is 0 Å². The van der Waals surface area contributed by atoms with Crippen LogP contribution in [0.3, 0.4) is 0 Å². The molecule has 1 heterocycles. The lowest BCUT2D eigenvalue weighted by Crippen LogP contribution is -2.33. The number of hydrogen-bond acceptors (Lipinski definition) is 4. The number of benzene rings is 1. The van der Waals surface area contributed by atoms with E-state index in [0.717, 1.165) is 30.0 Å². The molecule has 0 unspecified atom stereocenters. The number of pyridine rings is 1. The smallest absolute Gasteiger partial charge is 0.251 e. The summed E-state index contributed by atoms with van der Waals surface area (Å²) >= 11 is 0. The highest BCUT2D eigenvalue weighted by molar-refractivity contribution is 5.99. The predicted octanol–water partition coefficient (Wildman–Crippen LogP) is 2.91. The van der Waals surface area contributed by atoms with E-state index in [1.807, 2.05) is 32.0 Å². The monoisotopic (exact) mass is 354 g/mol. The van der Waals surface area contributed by atoms with Gasteiger partial charge in [0.05, 0.1) is 18.4 Å². The summed E-state index contributed by atoms with van der Waals surface area (Å²) in [5.41, 5.74) is 3.19. The largest absolute Gasteiger partial charge is 0.357 e. The van der Waals surface area contributed by atoms with Gasteiger partial charge in [0, 0.05) is 18.7 Å². The number of carbonyl (C=O) groups is 2. The summed E-state index contributed by atoms with van der Waals surface area (Å²) in [6, 6.07) is 9.28. The number of amides is 2. The summed E-state index contributed by atoms with van der Waals surface area (Å²) in [6.07, 6.45) is 1.62. The molecule has 0 saturated carbocycles. The summed E-state index contributed by atoms with van der Waals surface area (Å²) < 4.78 is 0. The lowest BCUT2D eigenvalue weighted by molar-refractivity contribution is -0.115. The van der Waals surface area contributed by atoms with Crippen LogP contribution in [0.4, 0.5) is 11.5 Å². The minimum absolute atomic E-state index is 0.0936. The molecule has 0 aliphatic heterocycles. The van der Waals surface area contributed by atoms with Crippen LogP contribution >= 0.6 is 0 Å². The molecule has 2 amide bonds. The Labute approximate surface area is 154 Å². The molecule has 0 saturated heterocycles. The van der Waals surface area contributed by atoms with E-state index in [0.29, 0.717) is 11.3 Å². The van der Waals surface area contributed by atoms with Crippen molar-refractivity contribution in [3.05, 3.63) is 53.2 Å². The summed E-state index contributed by atoms with van der Waals surface area (Å²) in [6.45, 7) is 9.66. The lowest BCUT2D eigenvalue weighted by Gasteiger charge is -2.19. The molecule has 0 atom stereocenters. The molecule has 0 fully saturated rings. The molecule has 0 bridgehead atoms. The standard InChI is InChI=1S/C20H26N4O2/c1-5-24(6-2)18-8-7-17(12-21-18)23-19(25)13-22-20(26)16-10-14(3)9-15(4)11-16/h7-12H,5-6,13H2,1-4H3,(H,22,26)(H,23,25). The van der Waals surface area contributed by atoms with Crippen LogP contribution in [0.5, 0.6) is 0 Å². The molecule has 2 N–H and O–H groups in total. The van der Waals surface area contributed by atoms with Crippen LogP contribution in [0.1, 0.15) is 35.3 Å². The maximum atomic E-state index is 12.2. The van der Waals surface area contributed by atoms with Gasteiger partial charge in [-0.3, -0.25) is 9.59 Å². The Morgan fingerprint density at radius 2 is 1.69 bits per heavy atom. The fourth-order valence-electron chi connectivity index (χ4n) is 2.77. The number of nitrogens with one attached hydrogen (secondary N) is 2. The fraction of sp³-hybridized carbons (Fsp3) is 0.350. The van der Waals surface area contributed by atoms with Crippen LogP contribution in [-0.4, -0.2) is 36.4 Å². The van der Waals surface area contributed by atoms with Crippen LogP contribution < -0.4 is 15.5 Å². The van der Waals surface area contributed by atoms with E-state index in [4.69, 9.17) is 0 Å². The third kappa shape index (κ3) is 5.31. The first-order valence-electron chi connectivity index (χ1n) is 8.80. The summed E-state index contributed by atoms with van der Waals surface area (Å²) in [5, 5.41) is 5.38. The normalized spacial score (nSPS) is 10.3. The van der Waals surface area contributed by atoms with Crippen molar-refractivity contribution in [3.63, 3.8) is 0 Å². The Morgan fingerprint density at radius 1 is 1.04 bits per heavy atom. The maximum absolute atomic E-state index is 12.2. The van der Waals surface area contributed by atoms with Crippen LogP contribution in [0.15, 0.2) is 36.5 Å². The molecule has 6 nitrogen and oxygen atoms in total. The predicted molar refractivity (Wildman–Crippen MR) is 105 cm³/mol. The molecule has 6 heteroatoms. The molecule has 26 heavy (non-hydrogen) atoms. The van der Waals surface area contributed by atoms with E-state index >= 15 is 0 Å². The van der Waals surface area contributed by atoms with Gasteiger partial charge in [0.1, 0.15) is 5.82 Å². The Hall–Kier alpha value is -2.89. The van der Waals surface area contributed by atoms with Crippen molar-refractivity contribution in [1.82, 2.24) is 10.3 Å². The van der Waals surface area contributed by atoms with Crippen LogP contribution in [0.25, 0.3) is 0 Å². The van der Waals surface area contributed by atoms with Gasteiger partial charge in [-0.2, -0.15) is 0 Å². The van der Waals surface area contributed by atoms with E-state index in [2.05, 4.69) is 34.4 Å². The summed E-state index contributed by atoms with van der Waals surface area (Å²) in [4.78, 5) is 30.7. The average molecular weight is 354 g/mol.